The summed E-state index contributed by atoms with van der Waals surface area (Å²) in [4.78, 5) is 4.19. The van der Waals surface area contributed by atoms with E-state index >= 15 is 0 Å². The van der Waals surface area contributed by atoms with E-state index in [1.54, 1.807) is 20.0 Å². The Kier molecular flexibility index (Phi) is 3.99. The Balaban J connectivity index is 2.68. The molecule has 1 heterocycles. The van der Waals surface area contributed by atoms with Crippen molar-refractivity contribution in [3.8, 4) is 0 Å². The summed E-state index contributed by atoms with van der Waals surface area (Å²) in [6, 6.07) is -0.394. The first kappa shape index (κ1) is 14.2. The quantitative estimate of drug-likeness (QED) is 0.835. The summed E-state index contributed by atoms with van der Waals surface area (Å²) < 4.78 is 24.3. The summed E-state index contributed by atoms with van der Waals surface area (Å²) in [7, 11) is -1.24. The van der Waals surface area contributed by atoms with Gasteiger partial charge in [0, 0.05) is 38.2 Å². The van der Waals surface area contributed by atoms with Gasteiger partial charge in [-0.1, -0.05) is 0 Å². The first-order chi connectivity index (χ1) is 7.66. The van der Waals surface area contributed by atoms with Gasteiger partial charge in [0.2, 0.25) is 0 Å². The van der Waals surface area contributed by atoms with Crippen molar-refractivity contribution in [1.29, 1.82) is 0 Å². The van der Waals surface area contributed by atoms with Crippen molar-refractivity contribution < 1.29 is 8.42 Å². The maximum Gasteiger partial charge on any atom is 0.154 e. The summed E-state index contributed by atoms with van der Waals surface area (Å²) in [5, 5.41) is 0. The van der Waals surface area contributed by atoms with Crippen LogP contribution >= 0.6 is 0 Å². The van der Waals surface area contributed by atoms with Gasteiger partial charge in [-0.3, -0.25) is 0 Å². The Bertz CT molecular complexity index is 477. The van der Waals surface area contributed by atoms with Crippen molar-refractivity contribution >= 4 is 9.84 Å². The van der Waals surface area contributed by atoms with Gasteiger partial charge in [-0.15, -0.1) is 0 Å². The van der Waals surface area contributed by atoms with Gasteiger partial charge in [-0.2, -0.15) is 0 Å². The normalized spacial score (nSPS) is 14.9. The zero-order valence-corrected chi connectivity index (χ0v) is 11.7. The number of nitrogens with zero attached hydrogens (tertiary/aromatic N) is 2. The number of nitrogens with two attached hydrogens (primary N) is 1. The van der Waals surface area contributed by atoms with Gasteiger partial charge in [-0.05, 0) is 20.3 Å². The molecule has 0 aliphatic heterocycles. The van der Waals surface area contributed by atoms with E-state index in [9.17, 15) is 8.42 Å². The first-order valence-electron chi connectivity index (χ1n) is 5.57. The van der Waals surface area contributed by atoms with Gasteiger partial charge in [-0.25, -0.2) is 13.4 Å². The fraction of sp³-hybridized carbons (Fsp3) is 0.727. The van der Waals surface area contributed by atoms with Crippen LogP contribution in [0.2, 0.25) is 0 Å². The predicted octanol–water partition coefficient (Wildman–Crippen LogP) is 0.503. The average Bonchev–Trinajstić information content (AvgIpc) is 2.58. The number of rotatable bonds is 5. The Labute approximate surface area is 103 Å². The van der Waals surface area contributed by atoms with Crippen molar-refractivity contribution in [1.82, 2.24) is 9.55 Å². The highest BCUT2D eigenvalue weighted by Crippen LogP contribution is 2.21. The van der Waals surface area contributed by atoms with Crippen LogP contribution in [0.3, 0.4) is 0 Å². The van der Waals surface area contributed by atoms with Gasteiger partial charge >= 0.3 is 0 Å². The third-order valence-electron chi connectivity index (χ3n) is 3.45. The number of aromatic nitrogens is 2. The number of sulfone groups is 1. The second kappa shape index (κ2) is 4.78. The molecule has 1 aromatic rings. The van der Waals surface area contributed by atoms with Gasteiger partial charge in [0.05, 0.1) is 4.75 Å². The van der Waals surface area contributed by atoms with Crippen LogP contribution in [0.15, 0.2) is 12.4 Å². The highest BCUT2D eigenvalue weighted by molar-refractivity contribution is 7.92. The fourth-order valence-corrected chi connectivity index (χ4v) is 2.21. The van der Waals surface area contributed by atoms with E-state index in [0.29, 0.717) is 12.8 Å². The van der Waals surface area contributed by atoms with Crippen LogP contribution in [0.4, 0.5) is 0 Å². The SMILES string of the molecule is Cn1ccnc1CCC(N)C(C)(C)S(C)(=O)=O. The van der Waals surface area contributed by atoms with Crippen LogP contribution in [0.25, 0.3) is 0 Å². The Hall–Kier alpha value is -0.880. The molecule has 0 fully saturated rings. The standard InChI is InChI=1S/C11H21N3O2S/c1-11(2,17(4,15)16)9(12)5-6-10-13-7-8-14(10)3/h7-9H,5-6,12H2,1-4H3. The van der Waals surface area contributed by atoms with Gasteiger partial charge in [0.15, 0.2) is 9.84 Å². The fourth-order valence-electron chi connectivity index (χ4n) is 1.54. The van der Waals surface area contributed by atoms with Crippen LogP contribution in [0.1, 0.15) is 26.1 Å². The van der Waals surface area contributed by atoms with Crippen LogP contribution in [0, 0.1) is 0 Å². The molecular formula is C11H21N3O2S. The molecular weight excluding hydrogens is 238 g/mol. The second-order valence-corrected chi connectivity index (χ2v) is 7.57. The van der Waals surface area contributed by atoms with Gasteiger partial charge in [0.25, 0.3) is 0 Å². The summed E-state index contributed by atoms with van der Waals surface area (Å²) in [6.45, 7) is 3.34. The molecule has 0 aliphatic carbocycles. The third-order valence-corrected chi connectivity index (χ3v) is 5.66. The molecule has 0 saturated carbocycles. The lowest BCUT2D eigenvalue weighted by Gasteiger charge is -2.29. The van der Waals surface area contributed by atoms with Crippen molar-refractivity contribution in [2.24, 2.45) is 12.8 Å². The van der Waals surface area contributed by atoms with Crippen LogP contribution in [-0.4, -0.2) is 35.0 Å². The lowest BCUT2D eigenvalue weighted by atomic mass is 9.99. The predicted molar refractivity (Wildman–Crippen MR) is 68.4 cm³/mol. The van der Waals surface area contributed by atoms with Crippen LogP contribution < -0.4 is 5.73 Å². The molecule has 5 nitrogen and oxygen atoms in total. The molecule has 0 aromatic carbocycles. The smallest absolute Gasteiger partial charge is 0.154 e. The van der Waals surface area contributed by atoms with Gasteiger partial charge in [0.1, 0.15) is 5.82 Å². The summed E-state index contributed by atoms with van der Waals surface area (Å²) in [5.41, 5.74) is 5.99. The molecule has 17 heavy (non-hydrogen) atoms. The number of aryl methyl sites for hydroxylation is 2. The van der Waals surface area contributed by atoms with E-state index in [1.165, 1.54) is 6.26 Å². The van der Waals surface area contributed by atoms with Crippen molar-refractivity contribution in [3.63, 3.8) is 0 Å². The van der Waals surface area contributed by atoms with E-state index in [2.05, 4.69) is 4.98 Å². The maximum absolute atomic E-state index is 11.6. The molecule has 1 aromatic heterocycles. The zero-order valence-electron chi connectivity index (χ0n) is 10.8. The minimum Gasteiger partial charge on any atom is -0.338 e. The maximum atomic E-state index is 11.6. The molecule has 0 amide bonds. The van der Waals surface area contributed by atoms with E-state index < -0.39 is 20.6 Å². The Morgan fingerprint density at radius 2 is 2.12 bits per heavy atom. The Morgan fingerprint density at radius 1 is 1.53 bits per heavy atom. The van der Waals surface area contributed by atoms with Crippen molar-refractivity contribution in [2.45, 2.75) is 37.5 Å². The minimum atomic E-state index is -3.15. The molecule has 1 unspecified atom stereocenters. The van der Waals surface area contributed by atoms with E-state index in [-0.39, 0.29) is 0 Å². The second-order valence-electron chi connectivity index (χ2n) is 4.98. The molecule has 6 heteroatoms. The molecule has 2 N–H and O–H groups in total. The molecule has 0 aliphatic rings. The molecule has 1 rings (SSSR count). The molecule has 0 radical (unpaired) electrons. The van der Waals surface area contributed by atoms with E-state index in [4.69, 9.17) is 5.73 Å². The topological polar surface area (TPSA) is 78.0 Å². The van der Waals surface area contributed by atoms with Crippen molar-refractivity contribution in [2.75, 3.05) is 6.26 Å². The highest BCUT2D eigenvalue weighted by Gasteiger charge is 2.36. The Morgan fingerprint density at radius 3 is 2.53 bits per heavy atom. The number of hydrogen-bond donors (Lipinski definition) is 1. The molecule has 0 spiro atoms. The summed E-state index contributed by atoms with van der Waals surface area (Å²) in [5.74, 6) is 0.921. The molecule has 0 saturated heterocycles. The van der Waals surface area contributed by atoms with Crippen LogP contribution in [-0.2, 0) is 23.3 Å². The largest absolute Gasteiger partial charge is 0.338 e. The van der Waals surface area contributed by atoms with Crippen LogP contribution in [0.5, 0.6) is 0 Å². The number of imidazole rings is 1. The molecule has 0 bridgehead atoms. The zero-order chi connectivity index (χ0) is 13.3. The molecule has 98 valence electrons. The van der Waals surface area contributed by atoms with E-state index in [0.717, 1.165) is 5.82 Å². The first-order valence-corrected chi connectivity index (χ1v) is 7.47. The van der Waals surface area contributed by atoms with Gasteiger partial charge < -0.3 is 10.3 Å². The lowest BCUT2D eigenvalue weighted by Crippen LogP contribution is -2.49. The average molecular weight is 259 g/mol. The van der Waals surface area contributed by atoms with Crippen molar-refractivity contribution in [3.05, 3.63) is 18.2 Å². The minimum absolute atomic E-state index is 0.394. The number of hydrogen-bond acceptors (Lipinski definition) is 4. The molecule has 1 atom stereocenters. The third kappa shape index (κ3) is 3.07. The lowest BCUT2D eigenvalue weighted by molar-refractivity contribution is 0.458. The highest BCUT2D eigenvalue weighted by atomic mass is 32.2. The van der Waals surface area contributed by atoms with E-state index in [1.807, 2.05) is 17.8 Å². The summed E-state index contributed by atoms with van der Waals surface area (Å²) >= 11 is 0. The summed E-state index contributed by atoms with van der Waals surface area (Å²) in [6.07, 6.45) is 6.10. The monoisotopic (exact) mass is 259 g/mol.